The van der Waals surface area contributed by atoms with Crippen LogP contribution in [0.4, 0.5) is 0 Å². The lowest BCUT2D eigenvalue weighted by Crippen LogP contribution is -2.27. The first-order chi connectivity index (χ1) is 8.10. The van der Waals surface area contributed by atoms with E-state index in [2.05, 4.69) is 17.3 Å². The maximum atomic E-state index is 6.30. The zero-order chi connectivity index (χ0) is 12.0. The summed E-state index contributed by atoms with van der Waals surface area (Å²) in [7, 11) is 1.92. The van der Waals surface area contributed by atoms with Gasteiger partial charge in [-0.3, -0.25) is 4.68 Å². The molecule has 2 fully saturated rings. The standard InChI is InChI=1S/C13H20ClN3/c1-9-11(12(14)17(2)16-9)7-13(5-6-13)8-15-10-3-4-10/h10,15H,3-8H2,1-2H3. The number of nitrogens with one attached hydrogen (secondary N) is 1. The molecule has 0 aromatic carbocycles. The molecule has 0 unspecified atom stereocenters. The minimum atomic E-state index is 0.472. The van der Waals surface area contributed by atoms with Crippen molar-refractivity contribution in [2.45, 2.75) is 45.1 Å². The van der Waals surface area contributed by atoms with Gasteiger partial charge in [0.25, 0.3) is 0 Å². The molecule has 2 saturated carbocycles. The van der Waals surface area contributed by atoms with E-state index in [4.69, 9.17) is 11.6 Å². The predicted molar refractivity (Wildman–Crippen MR) is 69.4 cm³/mol. The SMILES string of the molecule is Cc1nn(C)c(Cl)c1CC1(CNC2CC2)CC1. The Morgan fingerprint density at radius 2 is 2.18 bits per heavy atom. The van der Waals surface area contributed by atoms with Crippen LogP contribution in [0, 0.1) is 12.3 Å². The minimum Gasteiger partial charge on any atom is -0.313 e. The van der Waals surface area contributed by atoms with Crippen LogP contribution >= 0.6 is 11.6 Å². The summed E-state index contributed by atoms with van der Waals surface area (Å²) in [5.41, 5.74) is 2.82. The molecule has 2 aliphatic carbocycles. The van der Waals surface area contributed by atoms with Crippen LogP contribution in [0.5, 0.6) is 0 Å². The molecule has 0 spiro atoms. The van der Waals surface area contributed by atoms with E-state index in [0.29, 0.717) is 5.41 Å². The second kappa shape index (κ2) is 3.99. The highest BCUT2D eigenvalue weighted by atomic mass is 35.5. The van der Waals surface area contributed by atoms with Gasteiger partial charge in [-0.2, -0.15) is 5.10 Å². The molecule has 3 rings (SSSR count). The summed E-state index contributed by atoms with van der Waals surface area (Å²) in [6.07, 6.45) is 6.48. The van der Waals surface area contributed by atoms with Gasteiger partial charge in [-0.05, 0) is 44.4 Å². The van der Waals surface area contributed by atoms with Gasteiger partial charge in [0, 0.05) is 25.2 Å². The van der Waals surface area contributed by atoms with E-state index in [1.165, 1.54) is 31.2 Å². The normalized spacial score (nSPS) is 21.8. The molecular weight excluding hydrogens is 234 g/mol. The van der Waals surface area contributed by atoms with Crippen molar-refractivity contribution in [3.63, 3.8) is 0 Å². The zero-order valence-electron chi connectivity index (χ0n) is 10.6. The molecule has 1 heterocycles. The van der Waals surface area contributed by atoms with Crippen molar-refractivity contribution >= 4 is 11.6 Å². The summed E-state index contributed by atoms with van der Waals surface area (Å²) in [6.45, 7) is 3.22. The summed E-state index contributed by atoms with van der Waals surface area (Å²) in [4.78, 5) is 0. The monoisotopic (exact) mass is 253 g/mol. The first-order valence-electron chi connectivity index (χ1n) is 6.51. The fraction of sp³-hybridized carbons (Fsp3) is 0.769. The molecule has 94 valence electrons. The van der Waals surface area contributed by atoms with Crippen LogP contribution in [0.3, 0.4) is 0 Å². The lowest BCUT2D eigenvalue weighted by molar-refractivity contribution is 0.453. The Hall–Kier alpha value is -0.540. The summed E-state index contributed by atoms with van der Waals surface area (Å²) in [5, 5.41) is 8.87. The van der Waals surface area contributed by atoms with Gasteiger partial charge in [-0.1, -0.05) is 11.6 Å². The van der Waals surface area contributed by atoms with Crippen molar-refractivity contribution in [3.8, 4) is 0 Å². The van der Waals surface area contributed by atoms with E-state index in [0.717, 1.165) is 29.9 Å². The van der Waals surface area contributed by atoms with Crippen molar-refractivity contribution < 1.29 is 0 Å². The molecule has 0 bridgehead atoms. The van der Waals surface area contributed by atoms with Crippen LogP contribution in [-0.2, 0) is 13.5 Å². The van der Waals surface area contributed by atoms with E-state index in [1.807, 2.05) is 7.05 Å². The third-order valence-electron chi connectivity index (χ3n) is 4.12. The average Bonchev–Trinajstić information content (AvgIpc) is 3.16. The fourth-order valence-corrected chi connectivity index (χ4v) is 2.73. The summed E-state index contributed by atoms with van der Waals surface area (Å²) >= 11 is 6.30. The van der Waals surface area contributed by atoms with Gasteiger partial charge in [-0.15, -0.1) is 0 Å². The number of nitrogens with zero attached hydrogens (tertiary/aromatic N) is 2. The van der Waals surface area contributed by atoms with Crippen LogP contribution in [0.2, 0.25) is 5.15 Å². The lowest BCUT2D eigenvalue weighted by Gasteiger charge is -2.15. The number of halogens is 1. The maximum absolute atomic E-state index is 6.30. The zero-order valence-corrected chi connectivity index (χ0v) is 11.3. The van der Waals surface area contributed by atoms with Crippen LogP contribution in [0.15, 0.2) is 0 Å². The molecule has 0 radical (unpaired) electrons. The molecule has 0 saturated heterocycles. The van der Waals surface area contributed by atoms with Crippen molar-refractivity contribution in [2.75, 3.05) is 6.54 Å². The lowest BCUT2D eigenvalue weighted by atomic mass is 9.97. The second-order valence-electron chi connectivity index (χ2n) is 5.81. The summed E-state index contributed by atoms with van der Waals surface area (Å²) in [5.74, 6) is 0. The predicted octanol–water partition coefficient (Wildman–Crippen LogP) is 2.46. The first-order valence-corrected chi connectivity index (χ1v) is 6.89. The quantitative estimate of drug-likeness (QED) is 0.874. The maximum Gasteiger partial charge on any atom is 0.130 e. The van der Waals surface area contributed by atoms with E-state index in [-0.39, 0.29) is 0 Å². The topological polar surface area (TPSA) is 29.9 Å². The Labute approximate surface area is 108 Å². The molecule has 2 aliphatic rings. The van der Waals surface area contributed by atoms with E-state index >= 15 is 0 Å². The average molecular weight is 254 g/mol. The molecular formula is C13H20ClN3. The van der Waals surface area contributed by atoms with Crippen molar-refractivity contribution in [3.05, 3.63) is 16.4 Å². The highest BCUT2D eigenvalue weighted by Gasteiger charge is 2.44. The number of aromatic nitrogens is 2. The Morgan fingerprint density at radius 3 is 2.65 bits per heavy atom. The minimum absolute atomic E-state index is 0.472. The Balaban J connectivity index is 1.68. The van der Waals surface area contributed by atoms with Gasteiger partial charge < -0.3 is 5.32 Å². The number of rotatable bonds is 5. The number of hydrogen-bond donors (Lipinski definition) is 1. The van der Waals surface area contributed by atoms with E-state index in [9.17, 15) is 0 Å². The van der Waals surface area contributed by atoms with E-state index < -0.39 is 0 Å². The number of aryl methyl sites for hydroxylation is 2. The van der Waals surface area contributed by atoms with Crippen LogP contribution < -0.4 is 5.32 Å². The highest BCUT2D eigenvalue weighted by Crippen LogP contribution is 2.49. The largest absolute Gasteiger partial charge is 0.313 e. The van der Waals surface area contributed by atoms with Crippen LogP contribution in [0.1, 0.15) is 36.9 Å². The summed E-state index contributed by atoms with van der Waals surface area (Å²) in [6, 6.07) is 0.804. The smallest absolute Gasteiger partial charge is 0.130 e. The van der Waals surface area contributed by atoms with Crippen LogP contribution in [0.25, 0.3) is 0 Å². The molecule has 3 nitrogen and oxygen atoms in total. The van der Waals surface area contributed by atoms with Crippen molar-refractivity contribution in [2.24, 2.45) is 12.5 Å². The van der Waals surface area contributed by atoms with E-state index in [1.54, 1.807) is 4.68 Å². The van der Waals surface area contributed by atoms with Crippen molar-refractivity contribution in [1.29, 1.82) is 0 Å². The van der Waals surface area contributed by atoms with Gasteiger partial charge in [-0.25, -0.2) is 0 Å². The second-order valence-corrected chi connectivity index (χ2v) is 6.17. The first kappa shape index (κ1) is 11.5. The van der Waals surface area contributed by atoms with Gasteiger partial charge in [0.05, 0.1) is 5.69 Å². The Bertz CT molecular complexity index is 430. The fourth-order valence-electron chi connectivity index (χ4n) is 2.49. The molecule has 1 aromatic rings. The van der Waals surface area contributed by atoms with Gasteiger partial charge in [0.15, 0.2) is 0 Å². The molecule has 1 N–H and O–H groups in total. The highest BCUT2D eigenvalue weighted by molar-refractivity contribution is 6.30. The third kappa shape index (κ3) is 2.36. The molecule has 4 heteroatoms. The van der Waals surface area contributed by atoms with Gasteiger partial charge in [0.2, 0.25) is 0 Å². The number of hydrogen-bond acceptors (Lipinski definition) is 2. The van der Waals surface area contributed by atoms with Crippen molar-refractivity contribution in [1.82, 2.24) is 15.1 Å². The van der Waals surface area contributed by atoms with Gasteiger partial charge >= 0.3 is 0 Å². The molecule has 0 aliphatic heterocycles. The molecule has 17 heavy (non-hydrogen) atoms. The molecule has 0 amide bonds. The van der Waals surface area contributed by atoms with Crippen LogP contribution in [-0.4, -0.2) is 22.4 Å². The summed E-state index contributed by atoms with van der Waals surface area (Å²) < 4.78 is 1.79. The van der Waals surface area contributed by atoms with Gasteiger partial charge in [0.1, 0.15) is 5.15 Å². The molecule has 0 atom stereocenters. The Kier molecular flexibility index (Phi) is 2.71. The third-order valence-corrected chi connectivity index (χ3v) is 4.59. The Morgan fingerprint density at radius 1 is 1.47 bits per heavy atom. The molecule has 1 aromatic heterocycles.